The molecule has 0 saturated carbocycles. The predicted molar refractivity (Wildman–Crippen MR) is 108 cm³/mol. The first kappa shape index (κ1) is 22.6. The number of ether oxygens (including phenoxy) is 3. The summed E-state index contributed by atoms with van der Waals surface area (Å²) in [4.78, 5) is 23.4. The van der Waals surface area contributed by atoms with Crippen LogP contribution >= 0.6 is 11.6 Å². The molecule has 2 aromatic rings. The van der Waals surface area contributed by atoms with Crippen LogP contribution in [-0.4, -0.2) is 39.1 Å². The largest absolute Gasteiger partial charge is 0.493 e. The highest BCUT2D eigenvalue weighted by Crippen LogP contribution is 2.39. The summed E-state index contributed by atoms with van der Waals surface area (Å²) in [5, 5.41) is 3.45. The molecule has 29 heavy (non-hydrogen) atoms. The number of hydrogen-bond acceptors (Lipinski definition) is 6. The summed E-state index contributed by atoms with van der Waals surface area (Å²) in [5.74, 6) is -1.19. The van der Waals surface area contributed by atoms with E-state index < -0.39 is 24.0 Å². The van der Waals surface area contributed by atoms with Gasteiger partial charge < -0.3 is 24.3 Å². The van der Waals surface area contributed by atoms with Crippen LogP contribution < -0.4 is 10.1 Å². The van der Waals surface area contributed by atoms with E-state index in [9.17, 15) is 14.0 Å². The van der Waals surface area contributed by atoms with Crippen LogP contribution in [0.3, 0.4) is 0 Å². The molecule has 0 aliphatic heterocycles. The number of methoxy groups -OCH3 is 1. The Balaban J connectivity index is 2.55. The standard InChI is InChI=1S/C21H23ClFNO5/c1-4-28-19(26)11-14(12-25)29-20(15-6-5-7-17(23)21(15)27-3)16-10-13(22)8-9-18(16)24-2/h5-10,12,14,20,24H,4,11H2,1-3H3/t14-,20-/m1/s1. The van der Waals surface area contributed by atoms with Crippen molar-refractivity contribution in [1.82, 2.24) is 0 Å². The maximum atomic E-state index is 14.4. The molecule has 2 rings (SSSR count). The SMILES string of the molecule is CCOC(=O)C[C@H](C=O)O[C@@H](c1cc(Cl)ccc1NC)c1cccc(F)c1OC. The molecule has 0 spiro atoms. The van der Waals surface area contributed by atoms with Gasteiger partial charge in [-0.1, -0.05) is 23.7 Å². The van der Waals surface area contributed by atoms with E-state index in [0.717, 1.165) is 0 Å². The second-order valence-electron chi connectivity index (χ2n) is 6.04. The lowest BCUT2D eigenvalue weighted by Gasteiger charge is -2.26. The summed E-state index contributed by atoms with van der Waals surface area (Å²) in [7, 11) is 3.05. The average molecular weight is 424 g/mol. The molecule has 0 aromatic heterocycles. The minimum atomic E-state index is -1.12. The molecule has 1 N–H and O–H groups in total. The molecule has 0 fully saturated rings. The van der Waals surface area contributed by atoms with Crippen molar-refractivity contribution in [3.63, 3.8) is 0 Å². The van der Waals surface area contributed by atoms with E-state index >= 15 is 0 Å². The van der Waals surface area contributed by atoms with Crippen LogP contribution in [0.1, 0.15) is 30.6 Å². The number of para-hydroxylation sites is 1. The summed E-state index contributed by atoms with van der Waals surface area (Å²) in [6.07, 6.45) is -1.82. The first-order valence-corrected chi connectivity index (χ1v) is 9.38. The van der Waals surface area contributed by atoms with Gasteiger partial charge in [0.1, 0.15) is 18.5 Å². The highest BCUT2D eigenvalue weighted by molar-refractivity contribution is 6.30. The lowest BCUT2D eigenvalue weighted by molar-refractivity contribution is -0.149. The number of aldehydes is 1. The zero-order valence-electron chi connectivity index (χ0n) is 16.4. The smallest absolute Gasteiger partial charge is 0.308 e. The van der Waals surface area contributed by atoms with Gasteiger partial charge in [-0.25, -0.2) is 4.39 Å². The predicted octanol–water partition coefficient (Wildman–Crippen LogP) is 4.16. The molecule has 6 nitrogen and oxygen atoms in total. The van der Waals surface area contributed by atoms with E-state index in [2.05, 4.69) is 5.32 Å². The quantitative estimate of drug-likeness (QED) is 0.457. The number of halogens is 2. The third kappa shape index (κ3) is 5.68. The van der Waals surface area contributed by atoms with Crippen LogP contribution in [-0.2, 0) is 19.1 Å². The number of hydrogen-bond donors (Lipinski definition) is 1. The van der Waals surface area contributed by atoms with E-state index in [-0.39, 0.29) is 18.8 Å². The Hall–Kier alpha value is -2.64. The Morgan fingerprint density at radius 2 is 2.03 bits per heavy atom. The summed E-state index contributed by atoms with van der Waals surface area (Å²) in [5.41, 5.74) is 1.56. The molecule has 0 heterocycles. The van der Waals surface area contributed by atoms with Gasteiger partial charge in [0.05, 0.1) is 20.1 Å². The van der Waals surface area contributed by atoms with Gasteiger partial charge in [-0.15, -0.1) is 0 Å². The fourth-order valence-electron chi connectivity index (χ4n) is 2.93. The Morgan fingerprint density at radius 1 is 1.28 bits per heavy atom. The lowest BCUT2D eigenvalue weighted by atomic mass is 9.98. The number of rotatable bonds is 10. The van der Waals surface area contributed by atoms with Crippen LogP contribution in [0.25, 0.3) is 0 Å². The van der Waals surface area contributed by atoms with E-state index in [4.69, 9.17) is 25.8 Å². The van der Waals surface area contributed by atoms with Crippen molar-refractivity contribution in [1.29, 1.82) is 0 Å². The summed E-state index contributed by atoms with van der Waals surface area (Å²) < 4.78 is 30.4. The van der Waals surface area contributed by atoms with Crippen molar-refractivity contribution in [2.24, 2.45) is 0 Å². The maximum absolute atomic E-state index is 14.4. The molecule has 156 valence electrons. The van der Waals surface area contributed by atoms with Crippen LogP contribution in [0.15, 0.2) is 36.4 Å². The van der Waals surface area contributed by atoms with Gasteiger partial charge in [0.25, 0.3) is 0 Å². The van der Waals surface area contributed by atoms with Gasteiger partial charge >= 0.3 is 5.97 Å². The van der Waals surface area contributed by atoms with Gasteiger partial charge in [-0.3, -0.25) is 4.79 Å². The van der Waals surface area contributed by atoms with Gasteiger partial charge in [0.2, 0.25) is 0 Å². The molecule has 2 atom stereocenters. The number of esters is 1. The van der Waals surface area contributed by atoms with Gasteiger partial charge in [0.15, 0.2) is 11.6 Å². The van der Waals surface area contributed by atoms with E-state index in [1.54, 1.807) is 38.2 Å². The number of carbonyl (C=O) groups excluding carboxylic acids is 2. The summed E-state index contributed by atoms with van der Waals surface area (Å²) in [6.45, 7) is 1.85. The Kier molecular flexibility index (Phi) is 8.42. The van der Waals surface area contributed by atoms with Gasteiger partial charge in [-0.2, -0.15) is 0 Å². The van der Waals surface area contributed by atoms with E-state index in [1.807, 2.05) is 0 Å². The molecule has 0 radical (unpaired) electrons. The lowest BCUT2D eigenvalue weighted by Crippen LogP contribution is -2.24. The third-order valence-electron chi connectivity index (χ3n) is 4.19. The summed E-state index contributed by atoms with van der Waals surface area (Å²) in [6, 6.07) is 9.46. The second-order valence-corrected chi connectivity index (χ2v) is 6.48. The monoisotopic (exact) mass is 423 g/mol. The molecule has 2 aromatic carbocycles. The fraction of sp³-hybridized carbons (Fsp3) is 0.333. The van der Waals surface area contributed by atoms with Crippen molar-refractivity contribution >= 4 is 29.5 Å². The van der Waals surface area contributed by atoms with Crippen LogP contribution in [0, 0.1) is 5.82 Å². The molecular weight excluding hydrogens is 401 g/mol. The minimum Gasteiger partial charge on any atom is -0.493 e. The topological polar surface area (TPSA) is 73.9 Å². The first-order chi connectivity index (χ1) is 13.9. The zero-order valence-corrected chi connectivity index (χ0v) is 17.2. The van der Waals surface area contributed by atoms with Crippen molar-refractivity contribution in [2.75, 3.05) is 26.1 Å². The molecule has 0 saturated heterocycles. The Bertz CT molecular complexity index is 859. The van der Waals surface area contributed by atoms with Crippen molar-refractivity contribution in [3.05, 3.63) is 58.4 Å². The first-order valence-electron chi connectivity index (χ1n) is 9.01. The van der Waals surface area contributed by atoms with Gasteiger partial charge in [0, 0.05) is 28.9 Å². The molecule has 0 aliphatic carbocycles. The fourth-order valence-corrected chi connectivity index (χ4v) is 3.11. The molecular formula is C21H23ClFNO5. The number of nitrogens with one attached hydrogen (secondary N) is 1. The van der Waals surface area contributed by atoms with Crippen LogP contribution in [0.4, 0.5) is 10.1 Å². The van der Waals surface area contributed by atoms with Crippen molar-refractivity contribution in [3.8, 4) is 5.75 Å². The van der Waals surface area contributed by atoms with Gasteiger partial charge in [-0.05, 0) is 31.2 Å². The highest BCUT2D eigenvalue weighted by atomic mass is 35.5. The maximum Gasteiger partial charge on any atom is 0.308 e. The molecule has 0 unspecified atom stereocenters. The molecule has 0 bridgehead atoms. The van der Waals surface area contributed by atoms with E-state index in [0.29, 0.717) is 28.1 Å². The molecule has 0 amide bonds. The third-order valence-corrected chi connectivity index (χ3v) is 4.42. The number of benzene rings is 2. The molecule has 0 aliphatic rings. The number of anilines is 1. The van der Waals surface area contributed by atoms with Crippen LogP contribution in [0.2, 0.25) is 5.02 Å². The normalized spacial score (nSPS) is 12.7. The number of carbonyl (C=O) groups is 2. The second kappa shape index (κ2) is 10.8. The minimum absolute atomic E-state index is 0.0275. The zero-order chi connectivity index (χ0) is 21.4. The summed E-state index contributed by atoms with van der Waals surface area (Å²) >= 11 is 6.17. The van der Waals surface area contributed by atoms with Crippen molar-refractivity contribution < 1.29 is 28.2 Å². The average Bonchev–Trinajstić information content (AvgIpc) is 2.71. The van der Waals surface area contributed by atoms with Crippen LogP contribution in [0.5, 0.6) is 5.75 Å². The molecule has 8 heteroatoms. The highest BCUT2D eigenvalue weighted by Gasteiger charge is 2.28. The Labute approximate surface area is 173 Å². The van der Waals surface area contributed by atoms with Crippen molar-refractivity contribution in [2.45, 2.75) is 25.6 Å². The van der Waals surface area contributed by atoms with E-state index in [1.165, 1.54) is 19.2 Å². The Morgan fingerprint density at radius 3 is 2.66 bits per heavy atom.